The third-order valence-corrected chi connectivity index (χ3v) is 10.6. The molecule has 16 heteroatoms. The van der Waals surface area contributed by atoms with E-state index < -0.39 is 24.1 Å². The second kappa shape index (κ2) is 14.9. The smallest absolute Gasteiger partial charge is 0.417 e. The van der Waals surface area contributed by atoms with E-state index in [0.717, 1.165) is 19.4 Å². The van der Waals surface area contributed by atoms with Crippen LogP contribution in [0.2, 0.25) is 0 Å². The average molecular weight is 737 g/mol. The highest BCUT2D eigenvalue weighted by Gasteiger charge is 2.47. The first kappa shape index (κ1) is 37.3. The molecule has 4 aliphatic rings. The van der Waals surface area contributed by atoms with Crippen molar-refractivity contribution in [1.82, 2.24) is 19.8 Å². The van der Waals surface area contributed by atoms with Gasteiger partial charge in [-0.2, -0.15) is 23.1 Å². The largest absolute Gasteiger partial charge is 0.461 e. The van der Waals surface area contributed by atoms with Crippen LogP contribution in [0, 0.1) is 6.92 Å². The molecule has 1 aromatic heterocycles. The quantitative estimate of drug-likeness (QED) is 0.200. The molecule has 6 rings (SSSR count). The van der Waals surface area contributed by atoms with E-state index in [-0.39, 0.29) is 59.6 Å². The zero-order chi connectivity index (χ0) is 36.7. The number of likely N-dealkylation sites (N-methyl/N-ethyl adjacent to an activating group) is 1. The van der Waals surface area contributed by atoms with Crippen molar-refractivity contribution in [2.45, 2.75) is 69.7 Å². The van der Waals surface area contributed by atoms with Gasteiger partial charge in [-0.15, -0.1) is 0 Å². The molecule has 4 N–H and O–H groups in total. The molecular formula is C35H45ClF4N8O3. The number of nitrogens with two attached hydrogens (primary N) is 2. The van der Waals surface area contributed by atoms with Crippen LogP contribution in [-0.2, 0) is 28.7 Å². The van der Waals surface area contributed by atoms with Crippen molar-refractivity contribution < 1.29 is 31.8 Å². The Balaban J connectivity index is 1.38. The maximum atomic E-state index is 14.4. The van der Waals surface area contributed by atoms with Gasteiger partial charge in [0, 0.05) is 44.4 Å². The first-order chi connectivity index (χ1) is 24.2. The highest BCUT2D eigenvalue weighted by molar-refractivity contribution is 6.44. The van der Waals surface area contributed by atoms with Gasteiger partial charge in [0.2, 0.25) is 0 Å². The van der Waals surface area contributed by atoms with Gasteiger partial charge in [0.05, 0.1) is 58.8 Å². The van der Waals surface area contributed by atoms with Crippen molar-refractivity contribution in [3.05, 3.63) is 62.7 Å². The van der Waals surface area contributed by atoms with Gasteiger partial charge in [0.25, 0.3) is 0 Å². The van der Waals surface area contributed by atoms with Crippen molar-refractivity contribution in [3.63, 3.8) is 0 Å². The van der Waals surface area contributed by atoms with Gasteiger partial charge < -0.3 is 30.6 Å². The van der Waals surface area contributed by atoms with Crippen LogP contribution in [0.15, 0.2) is 39.8 Å². The number of aliphatic imine (C=N–C) groups is 1. The van der Waals surface area contributed by atoms with Crippen molar-refractivity contribution in [1.29, 1.82) is 0 Å². The number of halogens is 5. The van der Waals surface area contributed by atoms with Gasteiger partial charge in [0.1, 0.15) is 12.4 Å². The molecule has 4 aliphatic heterocycles. The molecule has 2 saturated heterocycles. The minimum Gasteiger partial charge on any atom is -0.461 e. The lowest BCUT2D eigenvalue weighted by molar-refractivity contribution is -0.140. The summed E-state index contributed by atoms with van der Waals surface area (Å²) in [7, 11) is 5.18. The third-order valence-electron chi connectivity index (χ3n) is 10.2. The number of nitrogen functional groups attached to an aromatic ring is 1. The molecule has 1 aromatic carbocycles. The van der Waals surface area contributed by atoms with Crippen LogP contribution in [0.1, 0.15) is 59.7 Å². The monoisotopic (exact) mass is 736 g/mol. The molecule has 2 unspecified atom stereocenters. The molecular weight excluding hydrogens is 692 g/mol. The number of hydrogen-bond acceptors (Lipinski definition) is 11. The molecule has 5 heterocycles. The number of anilines is 2. The highest BCUT2D eigenvalue weighted by atomic mass is 35.5. The topological polar surface area (TPSA) is 128 Å². The Hall–Kier alpha value is -3.50. The molecule has 3 atom stereocenters. The summed E-state index contributed by atoms with van der Waals surface area (Å²) in [5.74, 6) is 0.512. The molecule has 0 amide bonds. The van der Waals surface area contributed by atoms with E-state index in [0.29, 0.717) is 72.9 Å². The second-order valence-corrected chi connectivity index (χ2v) is 14.3. The van der Waals surface area contributed by atoms with Crippen molar-refractivity contribution in [3.8, 4) is 6.01 Å². The lowest BCUT2D eigenvalue weighted by atomic mass is 9.92. The Kier molecular flexibility index (Phi) is 10.9. The number of alkyl halides is 3. The lowest BCUT2D eigenvalue weighted by Gasteiger charge is -2.33. The van der Waals surface area contributed by atoms with Crippen molar-refractivity contribution in [2.75, 3.05) is 71.2 Å². The zero-order valence-electron chi connectivity index (χ0n) is 29.3. The summed E-state index contributed by atoms with van der Waals surface area (Å²) in [6, 6.07) is 2.72. The van der Waals surface area contributed by atoms with E-state index >= 15 is 0 Å². The molecule has 0 spiro atoms. The van der Waals surface area contributed by atoms with Gasteiger partial charge in [-0.25, -0.2) is 4.39 Å². The van der Waals surface area contributed by atoms with Crippen LogP contribution in [0.25, 0.3) is 0 Å². The SMILES string of the molecule is COC(C(N)=C(Cl)C1=NCCCN(c2nc(OCC34CCCN3C/C(=C\F)C4)nc3c2CO[C@H](c2cc(N)cc(C)c2C(F)(F)F)C3)C1)N(C)C. The van der Waals surface area contributed by atoms with Crippen molar-refractivity contribution in [2.24, 2.45) is 10.7 Å². The Bertz CT molecular complexity index is 1740. The van der Waals surface area contributed by atoms with E-state index in [9.17, 15) is 17.6 Å². The number of nitrogens with zero attached hydrogens (tertiary/aromatic N) is 6. The van der Waals surface area contributed by atoms with Crippen LogP contribution < -0.4 is 21.1 Å². The number of aryl methyl sites for hydroxylation is 1. The van der Waals surface area contributed by atoms with Crippen LogP contribution >= 0.6 is 11.6 Å². The first-order valence-electron chi connectivity index (χ1n) is 17.0. The number of rotatable bonds is 9. The fraction of sp³-hybridized carbons (Fsp3) is 0.571. The maximum absolute atomic E-state index is 14.4. The highest BCUT2D eigenvalue weighted by Crippen LogP contribution is 2.44. The number of ether oxygens (including phenoxy) is 3. The lowest BCUT2D eigenvalue weighted by Crippen LogP contribution is -2.43. The van der Waals surface area contributed by atoms with Gasteiger partial charge in [-0.3, -0.25) is 14.8 Å². The summed E-state index contributed by atoms with van der Waals surface area (Å²) in [4.78, 5) is 20.4. The summed E-state index contributed by atoms with van der Waals surface area (Å²) in [5.41, 5.74) is 14.2. The van der Waals surface area contributed by atoms with Gasteiger partial charge in [-0.05, 0) is 82.1 Å². The van der Waals surface area contributed by atoms with E-state index in [1.165, 1.54) is 26.2 Å². The number of fused-ring (bicyclic) bond motifs is 2. The maximum Gasteiger partial charge on any atom is 0.417 e. The molecule has 0 bridgehead atoms. The number of methoxy groups -OCH3 is 1. The fourth-order valence-corrected chi connectivity index (χ4v) is 8.10. The molecule has 2 fully saturated rings. The first-order valence-corrected chi connectivity index (χ1v) is 17.4. The van der Waals surface area contributed by atoms with E-state index in [1.807, 2.05) is 19.0 Å². The molecule has 0 aliphatic carbocycles. The van der Waals surface area contributed by atoms with Gasteiger partial charge in [0.15, 0.2) is 6.23 Å². The second-order valence-electron chi connectivity index (χ2n) is 14.0. The van der Waals surface area contributed by atoms with Crippen LogP contribution in [0.3, 0.4) is 0 Å². The van der Waals surface area contributed by atoms with Crippen LogP contribution in [-0.4, -0.2) is 97.8 Å². The minimum absolute atomic E-state index is 0.0171. The summed E-state index contributed by atoms with van der Waals surface area (Å²) < 4.78 is 74.8. The van der Waals surface area contributed by atoms with E-state index in [1.54, 1.807) is 4.90 Å². The van der Waals surface area contributed by atoms with Crippen LogP contribution in [0.5, 0.6) is 6.01 Å². The Morgan fingerprint density at radius 1 is 1.22 bits per heavy atom. The summed E-state index contributed by atoms with van der Waals surface area (Å²) in [5, 5.41) is 0.272. The summed E-state index contributed by atoms with van der Waals surface area (Å²) >= 11 is 6.86. The molecule has 51 heavy (non-hydrogen) atoms. The minimum atomic E-state index is -4.62. The Morgan fingerprint density at radius 3 is 2.71 bits per heavy atom. The number of hydrogen-bond donors (Lipinski definition) is 2. The molecule has 278 valence electrons. The zero-order valence-corrected chi connectivity index (χ0v) is 30.1. The predicted molar refractivity (Wildman–Crippen MR) is 187 cm³/mol. The molecule has 2 aromatic rings. The van der Waals surface area contributed by atoms with Gasteiger partial charge >= 0.3 is 12.2 Å². The third kappa shape index (κ3) is 7.54. The number of aromatic nitrogens is 2. The average Bonchev–Trinajstić information content (AvgIpc) is 3.52. The standard InChI is InChI=1S/C35H45ClF4N8O3/c1-20-11-22(41)12-23(28(20)35(38,39)40)27-13-25-24(18-50-27)31(45-33(44-25)51-19-34-7-5-10-48(34)16-21(14-34)15-37)47-9-6-8-43-26(17-47)29(36)30(42)32(49-4)46(2)3/h11-12,15,27,32H,5-10,13-14,16-19,41-42H2,1-4H3/b21-15-,30-29?/t27-,32?,34?/m0/s1. The summed E-state index contributed by atoms with van der Waals surface area (Å²) in [6.07, 6.45) is -2.46. The number of benzene rings is 1. The fourth-order valence-electron chi connectivity index (χ4n) is 7.89. The Morgan fingerprint density at radius 2 is 2.00 bits per heavy atom. The molecule has 0 saturated carbocycles. The molecule has 0 radical (unpaired) electrons. The van der Waals surface area contributed by atoms with Gasteiger partial charge in [-0.1, -0.05) is 11.6 Å². The van der Waals surface area contributed by atoms with Crippen molar-refractivity contribution >= 4 is 28.8 Å². The van der Waals surface area contributed by atoms with Crippen LogP contribution in [0.4, 0.5) is 29.1 Å². The Labute approximate surface area is 300 Å². The summed E-state index contributed by atoms with van der Waals surface area (Å²) in [6.45, 7) is 4.22. The molecule has 11 nitrogen and oxygen atoms in total. The predicted octanol–water partition coefficient (Wildman–Crippen LogP) is 5.26. The van der Waals surface area contributed by atoms with E-state index in [2.05, 4.69) is 4.90 Å². The van der Waals surface area contributed by atoms with E-state index in [4.69, 9.17) is 52.2 Å². The normalized spacial score (nSPS) is 24.7.